The van der Waals surface area contributed by atoms with Crippen molar-refractivity contribution >= 4 is 11.9 Å². The highest BCUT2D eigenvalue weighted by Crippen LogP contribution is 2.10. The van der Waals surface area contributed by atoms with Crippen LogP contribution in [-0.4, -0.2) is 29.9 Å². The molecular formula is C8H15N3O3. The highest BCUT2D eigenvalue weighted by Gasteiger charge is 2.18. The van der Waals surface area contributed by atoms with Crippen molar-refractivity contribution in [3.05, 3.63) is 0 Å². The second kappa shape index (κ2) is 5.56. The van der Waals surface area contributed by atoms with Gasteiger partial charge in [0.15, 0.2) is 0 Å². The average molecular weight is 201 g/mol. The normalized spacial score (nSPS) is 16.9. The zero-order valence-electron chi connectivity index (χ0n) is 7.99. The van der Waals surface area contributed by atoms with E-state index in [9.17, 15) is 9.59 Å². The molecule has 1 heterocycles. The molecule has 0 atom stereocenters. The first-order valence-corrected chi connectivity index (χ1v) is 4.67. The van der Waals surface area contributed by atoms with E-state index in [1.54, 1.807) is 4.90 Å². The molecule has 0 aromatic rings. The van der Waals surface area contributed by atoms with Crippen LogP contribution in [0.3, 0.4) is 0 Å². The number of nitrogens with one attached hydrogen (secondary N) is 1. The van der Waals surface area contributed by atoms with Gasteiger partial charge < -0.3 is 9.74 Å². The second-order valence-corrected chi connectivity index (χ2v) is 3.18. The van der Waals surface area contributed by atoms with Crippen LogP contribution in [-0.2, 0) is 14.4 Å². The maximum Gasteiger partial charge on any atom is 0.328 e. The Labute approximate surface area is 82.3 Å². The summed E-state index contributed by atoms with van der Waals surface area (Å²) in [6.45, 7) is 1.15. The Morgan fingerprint density at radius 1 is 1.57 bits per heavy atom. The minimum Gasteiger partial charge on any atom is -0.356 e. The zero-order chi connectivity index (χ0) is 10.4. The SMILES string of the molecule is NNOC(=O)CCN1CCCCC1=O. The molecule has 0 unspecified atom stereocenters. The molecule has 0 spiro atoms. The summed E-state index contributed by atoms with van der Waals surface area (Å²) in [5.41, 5.74) is 1.81. The third kappa shape index (κ3) is 3.31. The van der Waals surface area contributed by atoms with Crippen LogP contribution in [0.4, 0.5) is 0 Å². The van der Waals surface area contributed by atoms with Gasteiger partial charge in [-0.25, -0.2) is 5.84 Å². The number of carbonyl (C=O) groups is 2. The number of nitrogens with two attached hydrogens (primary N) is 1. The number of hydrazine groups is 1. The summed E-state index contributed by atoms with van der Waals surface area (Å²) < 4.78 is 0. The Hall–Kier alpha value is -1.14. The minimum atomic E-state index is -0.453. The molecule has 0 aliphatic carbocycles. The minimum absolute atomic E-state index is 0.116. The predicted octanol–water partition coefficient (Wildman–Crippen LogP) is -0.690. The lowest BCUT2D eigenvalue weighted by Crippen LogP contribution is -2.37. The molecule has 3 N–H and O–H groups in total. The first-order valence-electron chi connectivity index (χ1n) is 4.67. The van der Waals surface area contributed by atoms with Gasteiger partial charge in [0, 0.05) is 19.5 Å². The number of amides is 1. The fourth-order valence-corrected chi connectivity index (χ4v) is 1.44. The molecule has 6 nitrogen and oxygen atoms in total. The number of nitrogens with zero attached hydrogens (tertiary/aromatic N) is 1. The number of likely N-dealkylation sites (tertiary alicyclic amines) is 1. The Morgan fingerprint density at radius 2 is 2.36 bits per heavy atom. The van der Waals surface area contributed by atoms with E-state index in [1.165, 1.54) is 0 Å². The molecular weight excluding hydrogens is 186 g/mol. The van der Waals surface area contributed by atoms with Crippen LogP contribution in [0.5, 0.6) is 0 Å². The topological polar surface area (TPSA) is 84.7 Å². The maximum atomic E-state index is 11.3. The molecule has 80 valence electrons. The highest BCUT2D eigenvalue weighted by atomic mass is 16.7. The highest BCUT2D eigenvalue weighted by molar-refractivity contribution is 5.77. The van der Waals surface area contributed by atoms with Crippen molar-refractivity contribution in [2.24, 2.45) is 5.84 Å². The Bertz CT molecular complexity index is 220. The van der Waals surface area contributed by atoms with E-state index in [2.05, 4.69) is 4.84 Å². The molecule has 0 aromatic heterocycles. The molecule has 1 fully saturated rings. The number of rotatable bonds is 4. The van der Waals surface area contributed by atoms with E-state index < -0.39 is 5.97 Å². The quantitative estimate of drug-likeness (QED) is 0.464. The predicted molar refractivity (Wildman–Crippen MR) is 48.5 cm³/mol. The molecule has 0 radical (unpaired) electrons. The summed E-state index contributed by atoms with van der Waals surface area (Å²) in [5, 5.41) is 0. The van der Waals surface area contributed by atoms with E-state index in [0.717, 1.165) is 19.4 Å². The number of carbonyl (C=O) groups excluding carboxylic acids is 2. The molecule has 1 saturated heterocycles. The fourth-order valence-electron chi connectivity index (χ4n) is 1.44. The number of piperidine rings is 1. The molecule has 14 heavy (non-hydrogen) atoms. The second-order valence-electron chi connectivity index (χ2n) is 3.18. The van der Waals surface area contributed by atoms with Gasteiger partial charge in [-0.3, -0.25) is 9.59 Å². The standard InChI is InChI=1S/C8H15N3O3/c9-10-14-8(13)4-6-11-5-2-1-3-7(11)12/h10H,1-6,9H2. The smallest absolute Gasteiger partial charge is 0.328 e. The van der Waals surface area contributed by atoms with Crippen LogP contribution < -0.4 is 11.4 Å². The molecule has 1 rings (SSSR count). The van der Waals surface area contributed by atoms with Gasteiger partial charge in [-0.15, -0.1) is 0 Å². The summed E-state index contributed by atoms with van der Waals surface area (Å²) in [5.74, 6) is 4.45. The van der Waals surface area contributed by atoms with Crippen molar-refractivity contribution in [1.82, 2.24) is 10.5 Å². The lowest BCUT2D eigenvalue weighted by atomic mass is 10.1. The maximum absolute atomic E-state index is 11.3. The van der Waals surface area contributed by atoms with Crippen LogP contribution in [0.15, 0.2) is 0 Å². The Morgan fingerprint density at radius 3 is 3.00 bits per heavy atom. The summed E-state index contributed by atoms with van der Waals surface area (Å²) in [7, 11) is 0. The van der Waals surface area contributed by atoms with Gasteiger partial charge in [-0.05, 0) is 12.8 Å². The zero-order valence-corrected chi connectivity index (χ0v) is 7.99. The van der Waals surface area contributed by atoms with Gasteiger partial charge in [0.1, 0.15) is 0 Å². The first-order chi connectivity index (χ1) is 6.74. The molecule has 6 heteroatoms. The molecule has 0 aromatic carbocycles. The first kappa shape index (κ1) is 10.9. The summed E-state index contributed by atoms with van der Waals surface area (Å²) in [6.07, 6.45) is 2.72. The van der Waals surface area contributed by atoms with E-state index in [1.807, 2.05) is 5.59 Å². The molecule has 1 aliphatic heterocycles. The van der Waals surface area contributed by atoms with E-state index in [0.29, 0.717) is 13.0 Å². The largest absolute Gasteiger partial charge is 0.356 e. The van der Waals surface area contributed by atoms with Crippen molar-refractivity contribution < 1.29 is 14.4 Å². The van der Waals surface area contributed by atoms with Gasteiger partial charge in [-0.1, -0.05) is 5.59 Å². The van der Waals surface area contributed by atoms with Gasteiger partial charge in [0.05, 0.1) is 6.42 Å². The van der Waals surface area contributed by atoms with Crippen molar-refractivity contribution in [2.45, 2.75) is 25.7 Å². The van der Waals surface area contributed by atoms with Crippen LogP contribution in [0, 0.1) is 0 Å². The average Bonchev–Trinajstić information content (AvgIpc) is 2.17. The van der Waals surface area contributed by atoms with Crippen LogP contribution in [0.1, 0.15) is 25.7 Å². The van der Waals surface area contributed by atoms with E-state index in [-0.39, 0.29) is 12.3 Å². The fraction of sp³-hybridized carbons (Fsp3) is 0.750. The summed E-state index contributed by atoms with van der Waals surface area (Å²) in [6, 6.07) is 0. The number of hydrogen-bond acceptors (Lipinski definition) is 5. The van der Waals surface area contributed by atoms with Gasteiger partial charge >= 0.3 is 5.97 Å². The van der Waals surface area contributed by atoms with E-state index in [4.69, 9.17) is 5.84 Å². The van der Waals surface area contributed by atoms with Crippen molar-refractivity contribution in [3.63, 3.8) is 0 Å². The van der Waals surface area contributed by atoms with Gasteiger partial charge in [0.2, 0.25) is 5.91 Å². The van der Waals surface area contributed by atoms with Gasteiger partial charge in [-0.2, -0.15) is 0 Å². The lowest BCUT2D eigenvalue weighted by Gasteiger charge is -2.26. The lowest BCUT2D eigenvalue weighted by molar-refractivity contribution is -0.152. The molecule has 0 saturated carbocycles. The van der Waals surface area contributed by atoms with Crippen molar-refractivity contribution in [2.75, 3.05) is 13.1 Å². The third-order valence-electron chi connectivity index (χ3n) is 2.18. The molecule has 0 bridgehead atoms. The number of hydrogen-bond donors (Lipinski definition) is 2. The monoisotopic (exact) mass is 201 g/mol. The Kier molecular flexibility index (Phi) is 4.34. The van der Waals surface area contributed by atoms with Crippen molar-refractivity contribution in [3.8, 4) is 0 Å². The van der Waals surface area contributed by atoms with Crippen LogP contribution in [0.2, 0.25) is 0 Å². The van der Waals surface area contributed by atoms with Crippen LogP contribution in [0.25, 0.3) is 0 Å². The third-order valence-corrected chi connectivity index (χ3v) is 2.18. The summed E-state index contributed by atoms with van der Waals surface area (Å²) in [4.78, 5) is 28.2. The van der Waals surface area contributed by atoms with Crippen LogP contribution >= 0.6 is 0 Å². The molecule has 1 aliphatic rings. The Balaban J connectivity index is 2.22. The molecule has 1 amide bonds. The summed E-state index contributed by atoms with van der Waals surface area (Å²) >= 11 is 0. The van der Waals surface area contributed by atoms with E-state index >= 15 is 0 Å². The van der Waals surface area contributed by atoms with Crippen molar-refractivity contribution in [1.29, 1.82) is 0 Å². The van der Waals surface area contributed by atoms with Gasteiger partial charge in [0.25, 0.3) is 0 Å².